The summed E-state index contributed by atoms with van der Waals surface area (Å²) in [6, 6.07) is -0.548. The second-order valence-electron chi connectivity index (χ2n) is 17.1. The van der Waals surface area contributed by atoms with Gasteiger partial charge in [0.25, 0.3) is 0 Å². The smallest absolute Gasteiger partial charge is 0.305 e. The number of amides is 1. The molecule has 0 aliphatic rings. The molecule has 6 nitrogen and oxygen atoms in total. The van der Waals surface area contributed by atoms with Gasteiger partial charge in [0.15, 0.2) is 0 Å². The minimum atomic E-state index is -0.669. The van der Waals surface area contributed by atoms with Crippen LogP contribution in [0.3, 0.4) is 0 Å². The highest BCUT2D eigenvalue weighted by Gasteiger charge is 2.20. The average molecular weight is 792 g/mol. The molecule has 0 radical (unpaired) electrons. The Kier molecular flexibility index (Phi) is 45.1. The molecule has 0 aromatic rings. The van der Waals surface area contributed by atoms with Crippen molar-refractivity contribution < 1.29 is 24.5 Å². The molecule has 2 atom stereocenters. The van der Waals surface area contributed by atoms with Gasteiger partial charge in [0.1, 0.15) is 0 Å². The topological polar surface area (TPSA) is 95.9 Å². The predicted molar refractivity (Wildman–Crippen MR) is 241 cm³/mol. The molecule has 332 valence electrons. The van der Waals surface area contributed by atoms with Gasteiger partial charge in [-0.15, -0.1) is 0 Å². The summed E-state index contributed by atoms with van der Waals surface area (Å²) in [4.78, 5) is 24.3. The Morgan fingerprint density at radius 3 is 1.27 bits per heavy atom. The maximum atomic E-state index is 12.4. The molecule has 56 heavy (non-hydrogen) atoms. The number of hydrogen-bond acceptors (Lipinski definition) is 5. The number of ether oxygens (including phenoxy) is 1. The number of hydrogen-bond donors (Lipinski definition) is 3. The first-order valence-electron chi connectivity index (χ1n) is 24.9. The monoisotopic (exact) mass is 792 g/mol. The lowest BCUT2D eigenvalue weighted by Crippen LogP contribution is -2.45. The molecule has 6 heteroatoms. The maximum absolute atomic E-state index is 12.4. The number of carbonyl (C=O) groups is 2. The molecule has 0 spiro atoms. The van der Waals surface area contributed by atoms with Crippen molar-refractivity contribution in [1.82, 2.24) is 5.32 Å². The van der Waals surface area contributed by atoms with E-state index in [0.29, 0.717) is 25.9 Å². The van der Waals surface area contributed by atoms with Crippen molar-refractivity contribution >= 4 is 11.9 Å². The van der Waals surface area contributed by atoms with Crippen LogP contribution in [0.25, 0.3) is 0 Å². The van der Waals surface area contributed by atoms with E-state index in [9.17, 15) is 19.8 Å². The summed E-state index contributed by atoms with van der Waals surface area (Å²) < 4.78 is 5.45. The minimum Gasteiger partial charge on any atom is -0.466 e. The molecule has 0 fully saturated rings. The molecule has 0 bridgehead atoms. The number of aliphatic hydroxyl groups excluding tert-OH is 2. The van der Waals surface area contributed by atoms with E-state index >= 15 is 0 Å². The molecule has 0 aromatic carbocycles. The Labute approximate surface area is 349 Å². The fourth-order valence-electron chi connectivity index (χ4n) is 7.69. The number of esters is 1. The molecule has 3 N–H and O–H groups in total. The third kappa shape index (κ3) is 42.2. The van der Waals surface area contributed by atoms with Crippen molar-refractivity contribution in [3.05, 3.63) is 12.2 Å². The number of nitrogens with one attached hydrogen (secondary N) is 1. The van der Waals surface area contributed by atoms with Crippen molar-refractivity contribution in [2.45, 2.75) is 283 Å². The Balaban J connectivity index is 3.42. The molecule has 0 rings (SSSR count). The van der Waals surface area contributed by atoms with Gasteiger partial charge < -0.3 is 20.3 Å². The molecular formula is C50H97NO5. The zero-order valence-corrected chi connectivity index (χ0v) is 37.6. The second kappa shape index (κ2) is 46.3. The number of aliphatic hydroxyl groups is 2. The van der Waals surface area contributed by atoms with Crippen LogP contribution in [0.1, 0.15) is 271 Å². The van der Waals surface area contributed by atoms with Crippen LogP contribution in [0.15, 0.2) is 12.2 Å². The Hall–Kier alpha value is -1.40. The first-order chi connectivity index (χ1) is 27.5. The maximum Gasteiger partial charge on any atom is 0.305 e. The van der Waals surface area contributed by atoms with Gasteiger partial charge in [0, 0.05) is 12.8 Å². The molecule has 0 saturated heterocycles. The van der Waals surface area contributed by atoms with Gasteiger partial charge >= 0.3 is 5.97 Å². The van der Waals surface area contributed by atoms with Gasteiger partial charge in [-0.2, -0.15) is 0 Å². The highest BCUT2D eigenvalue weighted by molar-refractivity contribution is 5.76. The van der Waals surface area contributed by atoms with Gasteiger partial charge in [-0.1, -0.05) is 219 Å². The summed E-state index contributed by atoms with van der Waals surface area (Å²) in [6.07, 6.45) is 51.8. The fraction of sp³-hybridized carbons (Fsp3) is 0.920. The summed E-state index contributed by atoms with van der Waals surface area (Å²) in [6.45, 7) is 4.91. The van der Waals surface area contributed by atoms with E-state index in [1.54, 1.807) is 0 Å². The average Bonchev–Trinajstić information content (AvgIpc) is 3.20. The third-order valence-electron chi connectivity index (χ3n) is 11.6. The largest absolute Gasteiger partial charge is 0.466 e. The minimum absolute atomic E-state index is 0.00332. The highest BCUT2D eigenvalue weighted by atomic mass is 16.5. The normalized spacial score (nSPS) is 12.7. The van der Waals surface area contributed by atoms with Crippen LogP contribution < -0.4 is 5.32 Å². The lowest BCUT2D eigenvalue weighted by Gasteiger charge is -2.22. The summed E-state index contributed by atoms with van der Waals surface area (Å²) in [5.41, 5.74) is 0. The van der Waals surface area contributed by atoms with Crippen molar-refractivity contribution in [3.63, 3.8) is 0 Å². The first-order valence-corrected chi connectivity index (χ1v) is 24.9. The second-order valence-corrected chi connectivity index (χ2v) is 17.1. The van der Waals surface area contributed by atoms with Crippen LogP contribution in [0, 0.1) is 0 Å². The van der Waals surface area contributed by atoms with E-state index in [2.05, 4.69) is 31.3 Å². The fourth-order valence-corrected chi connectivity index (χ4v) is 7.69. The van der Waals surface area contributed by atoms with Crippen LogP contribution in [0.5, 0.6) is 0 Å². The van der Waals surface area contributed by atoms with Gasteiger partial charge in [-0.3, -0.25) is 9.59 Å². The zero-order chi connectivity index (χ0) is 40.8. The van der Waals surface area contributed by atoms with E-state index in [0.717, 1.165) is 57.8 Å². The van der Waals surface area contributed by atoms with Crippen LogP contribution in [-0.2, 0) is 14.3 Å². The van der Waals surface area contributed by atoms with Crippen LogP contribution >= 0.6 is 0 Å². The summed E-state index contributed by atoms with van der Waals surface area (Å²) in [5.74, 6) is -0.0483. The molecular weight excluding hydrogens is 695 g/mol. The van der Waals surface area contributed by atoms with Crippen molar-refractivity contribution in [2.24, 2.45) is 0 Å². The number of allylic oxidation sites excluding steroid dienone is 2. The first kappa shape index (κ1) is 54.6. The summed E-state index contributed by atoms with van der Waals surface area (Å²) in [5, 5.41) is 23.0. The Morgan fingerprint density at radius 2 is 0.839 bits per heavy atom. The predicted octanol–water partition coefficient (Wildman–Crippen LogP) is 14.6. The molecule has 0 heterocycles. The van der Waals surface area contributed by atoms with Gasteiger partial charge in [0.2, 0.25) is 5.91 Å². The summed E-state index contributed by atoms with van der Waals surface area (Å²) in [7, 11) is 0. The number of unbranched alkanes of at least 4 members (excludes halogenated alkanes) is 33. The SMILES string of the molecule is CCCCCCCCCCCCCCC(=O)OCCCCCCCCCCC/C=C\CCCCCCCC(=O)NC(CO)C(O)CCCCCCCCCCC. The van der Waals surface area contributed by atoms with Crippen molar-refractivity contribution in [2.75, 3.05) is 13.2 Å². The highest BCUT2D eigenvalue weighted by Crippen LogP contribution is 2.16. The van der Waals surface area contributed by atoms with Crippen molar-refractivity contribution in [1.29, 1.82) is 0 Å². The Morgan fingerprint density at radius 1 is 0.482 bits per heavy atom. The van der Waals surface area contributed by atoms with Crippen LogP contribution in [0.4, 0.5) is 0 Å². The molecule has 1 amide bonds. The van der Waals surface area contributed by atoms with Crippen LogP contribution in [-0.4, -0.2) is 47.4 Å². The molecule has 0 aromatic heterocycles. The number of rotatable bonds is 46. The summed E-state index contributed by atoms with van der Waals surface area (Å²) >= 11 is 0. The quantitative estimate of drug-likeness (QED) is 0.0324. The molecule has 0 saturated carbocycles. The standard InChI is InChI=1S/C50H97NO5/c1-3-5-7-9-11-13-14-24-28-32-36-40-44-50(55)56-45-41-37-33-29-25-22-20-18-16-15-17-19-21-23-27-31-35-39-43-49(54)51-47(46-52)48(53)42-38-34-30-26-12-10-8-6-4-2/h17,19,47-48,52-53H,3-16,18,20-46H2,1-2H3,(H,51,54)/b19-17-. The molecule has 0 aliphatic carbocycles. The van der Waals surface area contributed by atoms with Gasteiger partial charge in [-0.25, -0.2) is 0 Å². The Bertz CT molecular complexity index is 832. The van der Waals surface area contributed by atoms with Gasteiger partial charge in [0.05, 0.1) is 25.4 Å². The lowest BCUT2D eigenvalue weighted by molar-refractivity contribution is -0.143. The third-order valence-corrected chi connectivity index (χ3v) is 11.6. The van der Waals surface area contributed by atoms with E-state index in [1.165, 1.54) is 180 Å². The van der Waals surface area contributed by atoms with Gasteiger partial charge in [-0.05, 0) is 51.4 Å². The van der Waals surface area contributed by atoms with E-state index in [-0.39, 0.29) is 18.5 Å². The zero-order valence-electron chi connectivity index (χ0n) is 37.6. The van der Waals surface area contributed by atoms with Crippen molar-refractivity contribution in [3.8, 4) is 0 Å². The van der Waals surface area contributed by atoms with E-state index in [1.807, 2.05) is 0 Å². The number of carbonyl (C=O) groups excluding carboxylic acids is 2. The molecule has 2 unspecified atom stereocenters. The van der Waals surface area contributed by atoms with E-state index < -0.39 is 12.1 Å². The van der Waals surface area contributed by atoms with E-state index in [4.69, 9.17) is 4.74 Å². The van der Waals surface area contributed by atoms with Crippen LogP contribution in [0.2, 0.25) is 0 Å². The molecule has 0 aliphatic heterocycles. The lowest BCUT2D eigenvalue weighted by atomic mass is 10.0.